The van der Waals surface area contributed by atoms with Crippen molar-refractivity contribution < 1.29 is 4.74 Å². The first-order valence-electron chi connectivity index (χ1n) is 8.85. The van der Waals surface area contributed by atoms with E-state index in [-0.39, 0.29) is 24.0 Å². The van der Waals surface area contributed by atoms with Gasteiger partial charge >= 0.3 is 0 Å². The Morgan fingerprint density at radius 1 is 1.38 bits per heavy atom. The highest BCUT2D eigenvalue weighted by Crippen LogP contribution is 2.13. The van der Waals surface area contributed by atoms with Gasteiger partial charge in [0.2, 0.25) is 0 Å². The van der Waals surface area contributed by atoms with Crippen molar-refractivity contribution in [2.75, 3.05) is 40.4 Å². The Balaban J connectivity index is 0.00000243. The van der Waals surface area contributed by atoms with Crippen LogP contribution in [-0.4, -0.2) is 61.0 Å². The maximum Gasteiger partial charge on any atom is 0.193 e. The molecule has 1 atom stereocenters. The SMILES string of the molecule is CN=C(NCCc1cnn(-c2ccccc2)c1)N(C)CC1CCOC1.I. The fourth-order valence-electron chi connectivity index (χ4n) is 3.12. The molecule has 1 aromatic carbocycles. The molecule has 3 rings (SSSR count). The van der Waals surface area contributed by atoms with Crippen molar-refractivity contribution in [2.45, 2.75) is 12.8 Å². The summed E-state index contributed by atoms with van der Waals surface area (Å²) in [5.41, 5.74) is 2.29. The zero-order chi connectivity index (χ0) is 17.5. The molecule has 0 saturated carbocycles. The molecule has 1 aliphatic heterocycles. The second kappa shape index (κ2) is 10.5. The molecule has 2 heterocycles. The minimum atomic E-state index is 0. The number of nitrogens with zero attached hydrogens (tertiary/aromatic N) is 4. The Morgan fingerprint density at radius 3 is 2.88 bits per heavy atom. The number of ether oxygens (including phenoxy) is 1. The number of hydrogen-bond acceptors (Lipinski definition) is 3. The van der Waals surface area contributed by atoms with Crippen molar-refractivity contribution in [2.24, 2.45) is 10.9 Å². The number of rotatable bonds is 6. The first kappa shape index (κ1) is 20.7. The van der Waals surface area contributed by atoms with Crippen LogP contribution in [-0.2, 0) is 11.2 Å². The second-order valence-electron chi connectivity index (χ2n) is 6.46. The lowest BCUT2D eigenvalue weighted by atomic mass is 10.1. The van der Waals surface area contributed by atoms with Crippen molar-refractivity contribution >= 4 is 29.9 Å². The van der Waals surface area contributed by atoms with Crippen LogP contribution in [0.2, 0.25) is 0 Å². The van der Waals surface area contributed by atoms with Gasteiger partial charge in [0.15, 0.2) is 5.96 Å². The number of hydrogen-bond donors (Lipinski definition) is 1. The minimum absolute atomic E-state index is 0. The molecule has 1 saturated heterocycles. The van der Waals surface area contributed by atoms with E-state index in [4.69, 9.17) is 4.74 Å². The van der Waals surface area contributed by atoms with Crippen molar-refractivity contribution in [1.82, 2.24) is 20.0 Å². The van der Waals surface area contributed by atoms with E-state index >= 15 is 0 Å². The van der Waals surface area contributed by atoms with E-state index in [1.165, 1.54) is 5.56 Å². The topological polar surface area (TPSA) is 54.7 Å². The molecule has 0 amide bonds. The average molecular weight is 469 g/mol. The molecular formula is C19H28IN5O. The summed E-state index contributed by atoms with van der Waals surface area (Å²) in [6.07, 6.45) is 6.06. The highest BCUT2D eigenvalue weighted by Gasteiger charge is 2.18. The highest BCUT2D eigenvalue weighted by molar-refractivity contribution is 14.0. The molecule has 1 aliphatic rings. The first-order chi connectivity index (χ1) is 12.3. The van der Waals surface area contributed by atoms with Gasteiger partial charge in [0.05, 0.1) is 18.5 Å². The normalized spacial score (nSPS) is 17.0. The third-order valence-corrected chi connectivity index (χ3v) is 4.48. The molecule has 1 N–H and O–H groups in total. The zero-order valence-corrected chi connectivity index (χ0v) is 17.8. The highest BCUT2D eigenvalue weighted by atomic mass is 127. The van der Waals surface area contributed by atoms with E-state index in [0.29, 0.717) is 5.92 Å². The summed E-state index contributed by atoms with van der Waals surface area (Å²) < 4.78 is 7.37. The van der Waals surface area contributed by atoms with Crippen LogP contribution in [0, 0.1) is 5.92 Å². The lowest BCUT2D eigenvalue weighted by Gasteiger charge is -2.24. The molecule has 26 heavy (non-hydrogen) atoms. The standard InChI is InChI=1S/C19H27N5O.HI/c1-20-19(23(2)13-17-9-11-25-15-17)21-10-8-16-12-22-24(14-16)18-6-4-3-5-7-18;/h3-7,12,14,17H,8-11,13,15H2,1-2H3,(H,20,21);1H. The zero-order valence-electron chi connectivity index (χ0n) is 15.5. The van der Waals surface area contributed by atoms with Crippen LogP contribution in [0.5, 0.6) is 0 Å². The molecule has 0 spiro atoms. The van der Waals surface area contributed by atoms with Crippen LogP contribution in [0.1, 0.15) is 12.0 Å². The Bertz CT molecular complexity index is 682. The predicted molar refractivity (Wildman–Crippen MR) is 116 cm³/mol. The fraction of sp³-hybridized carbons (Fsp3) is 0.474. The number of aliphatic imine (C=N–C) groups is 1. The summed E-state index contributed by atoms with van der Waals surface area (Å²) in [7, 11) is 3.92. The van der Waals surface area contributed by atoms with E-state index in [1.807, 2.05) is 36.1 Å². The van der Waals surface area contributed by atoms with Crippen LogP contribution in [0.3, 0.4) is 0 Å². The summed E-state index contributed by atoms with van der Waals surface area (Å²) in [4.78, 5) is 6.57. The van der Waals surface area contributed by atoms with Crippen LogP contribution >= 0.6 is 24.0 Å². The summed E-state index contributed by atoms with van der Waals surface area (Å²) in [6, 6.07) is 10.2. The molecule has 0 aliphatic carbocycles. The third-order valence-electron chi connectivity index (χ3n) is 4.48. The van der Waals surface area contributed by atoms with Gasteiger partial charge in [0, 0.05) is 45.9 Å². The van der Waals surface area contributed by atoms with Crippen LogP contribution in [0.15, 0.2) is 47.7 Å². The maximum absolute atomic E-state index is 5.45. The number of nitrogens with one attached hydrogen (secondary N) is 1. The summed E-state index contributed by atoms with van der Waals surface area (Å²) in [5, 5.41) is 7.88. The molecule has 6 nitrogen and oxygen atoms in total. The van der Waals surface area contributed by atoms with Gasteiger partial charge in [-0.15, -0.1) is 24.0 Å². The van der Waals surface area contributed by atoms with Crippen LogP contribution in [0.4, 0.5) is 0 Å². The lowest BCUT2D eigenvalue weighted by Crippen LogP contribution is -2.42. The van der Waals surface area contributed by atoms with Crippen LogP contribution in [0.25, 0.3) is 5.69 Å². The predicted octanol–water partition coefficient (Wildman–Crippen LogP) is 2.58. The quantitative estimate of drug-likeness (QED) is 0.402. The number of halogens is 1. The molecule has 1 fully saturated rings. The summed E-state index contributed by atoms with van der Waals surface area (Å²) in [5.74, 6) is 1.54. The van der Waals surface area contributed by atoms with Gasteiger partial charge in [-0.1, -0.05) is 18.2 Å². The smallest absolute Gasteiger partial charge is 0.193 e. The molecule has 2 aromatic rings. The summed E-state index contributed by atoms with van der Waals surface area (Å²) >= 11 is 0. The summed E-state index contributed by atoms with van der Waals surface area (Å²) in [6.45, 7) is 3.56. The largest absolute Gasteiger partial charge is 0.381 e. The number of benzene rings is 1. The van der Waals surface area contributed by atoms with Crippen molar-refractivity contribution in [3.05, 3.63) is 48.3 Å². The van der Waals surface area contributed by atoms with Gasteiger partial charge in [0.25, 0.3) is 0 Å². The Kier molecular flexibility index (Phi) is 8.37. The van der Waals surface area contributed by atoms with Crippen molar-refractivity contribution in [3.8, 4) is 5.69 Å². The van der Waals surface area contributed by atoms with Crippen LogP contribution < -0.4 is 5.32 Å². The Labute approximate surface area is 172 Å². The lowest BCUT2D eigenvalue weighted by molar-refractivity contribution is 0.181. The second-order valence-corrected chi connectivity index (χ2v) is 6.46. The number of guanidine groups is 1. The molecule has 0 bridgehead atoms. The van der Waals surface area contributed by atoms with Crippen molar-refractivity contribution in [3.63, 3.8) is 0 Å². The minimum Gasteiger partial charge on any atom is -0.381 e. The molecule has 7 heteroatoms. The Hall–Kier alpha value is -1.61. The van der Waals surface area contributed by atoms with E-state index in [0.717, 1.165) is 50.8 Å². The molecule has 142 valence electrons. The van der Waals surface area contributed by atoms with Gasteiger partial charge in [0.1, 0.15) is 0 Å². The third kappa shape index (κ3) is 5.70. The molecule has 1 unspecified atom stereocenters. The molecule has 0 radical (unpaired) electrons. The maximum atomic E-state index is 5.45. The molecular weight excluding hydrogens is 441 g/mol. The van der Waals surface area contributed by atoms with Gasteiger partial charge in [-0.25, -0.2) is 4.68 Å². The van der Waals surface area contributed by atoms with E-state index in [2.05, 4.69) is 45.7 Å². The Morgan fingerprint density at radius 2 is 2.19 bits per heavy atom. The monoisotopic (exact) mass is 469 g/mol. The first-order valence-corrected chi connectivity index (χ1v) is 8.85. The van der Waals surface area contributed by atoms with Crippen molar-refractivity contribution in [1.29, 1.82) is 0 Å². The number of para-hydroxylation sites is 1. The van der Waals surface area contributed by atoms with Gasteiger partial charge in [-0.05, 0) is 30.5 Å². The van der Waals surface area contributed by atoms with E-state index < -0.39 is 0 Å². The van der Waals surface area contributed by atoms with Gasteiger partial charge < -0.3 is 15.0 Å². The van der Waals surface area contributed by atoms with Gasteiger partial charge in [-0.2, -0.15) is 5.10 Å². The van der Waals surface area contributed by atoms with E-state index in [9.17, 15) is 0 Å². The van der Waals surface area contributed by atoms with E-state index in [1.54, 1.807) is 0 Å². The van der Waals surface area contributed by atoms with Gasteiger partial charge in [-0.3, -0.25) is 4.99 Å². The fourth-order valence-corrected chi connectivity index (χ4v) is 3.12. The average Bonchev–Trinajstić information content (AvgIpc) is 3.31. The number of aromatic nitrogens is 2. The molecule has 1 aromatic heterocycles.